The van der Waals surface area contributed by atoms with Crippen LogP contribution in [0.2, 0.25) is 5.02 Å². The van der Waals surface area contributed by atoms with Crippen LogP contribution in [0.4, 0.5) is 5.82 Å². The van der Waals surface area contributed by atoms with Crippen LogP contribution in [0.3, 0.4) is 0 Å². The van der Waals surface area contributed by atoms with Gasteiger partial charge in [-0.2, -0.15) is 0 Å². The average Bonchev–Trinajstić information content (AvgIpc) is 2.77. The van der Waals surface area contributed by atoms with Gasteiger partial charge in [0.25, 0.3) is 0 Å². The van der Waals surface area contributed by atoms with Crippen molar-refractivity contribution >= 4 is 17.4 Å². The molecule has 0 aliphatic heterocycles. The lowest BCUT2D eigenvalue weighted by Crippen LogP contribution is -1.92. The number of aromatic nitrogens is 1. The molecule has 0 amide bonds. The Morgan fingerprint density at radius 3 is 2.74 bits per heavy atom. The van der Waals surface area contributed by atoms with Gasteiger partial charge in [0.2, 0.25) is 0 Å². The third-order valence-corrected chi connectivity index (χ3v) is 3.52. The summed E-state index contributed by atoms with van der Waals surface area (Å²) in [6.45, 7) is 2.20. The molecule has 1 aromatic heterocycles. The molecular formula is C15H19ClN2O. The van der Waals surface area contributed by atoms with Crippen molar-refractivity contribution in [3.8, 4) is 11.1 Å². The normalized spacial score (nSPS) is 10.8. The quantitative estimate of drug-likeness (QED) is 0.779. The molecule has 0 fully saturated rings. The zero-order valence-electron chi connectivity index (χ0n) is 11.2. The van der Waals surface area contributed by atoms with E-state index in [1.807, 2.05) is 24.3 Å². The van der Waals surface area contributed by atoms with E-state index in [9.17, 15) is 0 Å². The van der Waals surface area contributed by atoms with E-state index in [4.69, 9.17) is 21.9 Å². The molecule has 0 radical (unpaired) electrons. The van der Waals surface area contributed by atoms with Gasteiger partial charge in [-0.15, -0.1) is 0 Å². The van der Waals surface area contributed by atoms with Crippen molar-refractivity contribution in [3.63, 3.8) is 0 Å². The Kier molecular flexibility index (Phi) is 4.86. The van der Waals surface area contributed by atoms with Crippen LogP contribution >= 0.6 is 11.6 Å². The minimum atomic E-state index is 0.415. The van der Waals surface area contributed by atoms with Gasteiger partial charge >= 0.3 is 0 Å². The number of hydrogen-bond acceptors (Lipinski definition) is 3. The maximum atomic E-state index is 6.22. The summed E-state index contributed by atoms with van der Waals surface area (Å²) in [5, 5.41) is 4.55. The van der Waals surface area contributed by atoms with Gasteiger partial charge in [-0.3, -0.25) is 0 Å². The van der Waals surface area contributed by atoms with Crippen molar-refractivity contribution in [2.24, 2.45) is 0 Å². The second kappa shape index (κ2) is 6.62. The number of nitrogens with zero attached hydrogens (tertiary/aromatic N) is 1. The van der Waals surface area contributed by atoms with Gasteiger partial charge in [0.05, 0.1) is 5.56 Å². The molecule has 0 spiro atoms. The van der Waals surface area contributed by atoms with Crippen LogP contribution in [0.25, 0.3) is 11.1 Å². The number of benzene rings is 1. The Labute approximate surface area is 118 Å². The van der Waals surface area contributed by atoms with Gasteiger partial charge < -0.3 is 10.3 Å². The van der Waals surface area contributed by atoms with E-state index in [0.29, 0.717) is 10.8 Å². The molecule has 102 valence electrons. The van der Waals surface area contributed by atoms with Crippen LogP contribution < -0.4 is 5.73 Å². The molecule has 0 aliphatic rings. The highest BCUT2D eigenvalue weighted by Gasteiger charge is 2.17. The van der Waals surface area contributed by atoms with Gasteiger partial charge in [-0.1, -0.05) is 61.1 Å². The molecule has 0 saturated heterocycles. The predicted octanol–water partition coefficient (Wildman–Crippen LogP) is 4.70. The largest absolute Gasteiger partial charge is 0.380 e. The Balaban J connectivity index is 2.21. The second-order valence-electron chi connectivity index (χ2n) is 4.66. The maximum Gasteiger partial charge on any atom is 0.175 e. The number of halogens is 1. The molecule has 2 N–H and O–H groups in total. The first-order valence-corrected chi connectivity index (χ1v) is 7.10. The van der Waals surface area contributed by atoms with Crippen molar-refractivity contribution in [1.29, 1.82) is 0 Å². The first-order valence-electron chi connectivity index (χ1n) is 6.73. The van der Waals surface area contributed by atoms with Gasteiger partial charge in [-0.25, -0.2) is 0 Å². The topological polar surface area (TPSA) is 52.0 Å². The van der Waals surface area contributed by atoms with Gasteiger partial charge in [-0.05, 0) is 12.5 Å². The zero-order chi connectivity index (χ0) is 13.7. The summed E-state index contributed by atoms with van der Waals surface area (Å²) in [5.41, 5.74) is 7.66. The zero-order valence-corrected chi connectivity index (χ0v) is 11.9. The molecule has 1 aromatic carbocycles. The number of hydrogen-bond donors (Lipinski definition) is 1. The van der Waals surface area contributed by atoms with Crippen molar-refractivity contribution in [2.45, 2.75) is 39.0 Å². The molecule has 2 aromatic rings. The number of nitrogens with two attached hydrogens (primary N) is 1. The molecule has 19 heavy (non-hydrogen) atoms. The smallest absolute Gasteiger partial charge is 0.175 e. The molecule has 2 rings (SSSR count). The third kappa shape index (κ3) is 3.29. The minimum absolute atomic E-state index is 0.415. The van der Waals surface area contributed by atoms with E-state index in [0.717, 1.165) is 29.7 Å². The van der Waals surface area contributed by atoms with Crippen LogP contribution in [0, 0.1) is 0 Å². The Hall–Kier alpha value is -1.48. The van der Waals surface area contributed by atoms with Crippen molar-refractivity contribution in [2.75, 3.05) is 5.73 Å². The molecule has 0 unspecified atom stereocenters. The standard InChI is InChI=1S/C15H19ClN2O/c1-2-3-4-5-10-13-14(15(17)18-19-13)11-8-6-7-9-12(11)16/h6-9H,2-5,10H2,1H3,(H2,17,18). The molecule has 3 nitrogen and oxygen atoms in total. The van der Waals surface area contributed by atoms with Crippen molar-refractivity contribution < 1.29 is 4.52 Å². The average molecular weight is 279 g/mol. The second-order valence-corrected chi connectivity index (χ2v) is 5.06. The van der Waals surface area contributed by atoms with Crippen molar-refractivity contribution in [1.82, 2.24) is 5.16 Å². The Morgan fingerprint density at radius 2 is 2.00 bits per heavy atom. The lowest BCUT2D eigenvalue weighted by atomic mass is 10.0. The number of rotatable bonds is 6. The fourth-order valence-corrected chi connectivity index (χ4v) is 2.40. The summed E-state index contributed by atoms with van der Waals surface area (Å²) in [6, 6.07) is 7.63. The first-order chi connectivity index (χ1) is 9.24. The number of nitrogen functional groups attached to an aromatic ring is 1. The number of aryl methyl sites for hydroxylation is 1. The SMILES string of the molecule is CCCCCCc1onc(N)c1-c1ccccc1Cl. The summed E-state index contributed by atoms with van der Waals surface area (Å²) in [4.78, 5) is 0. The molecule has 0 bridgehead atoms. The van der Waals surface area contributed by atoms with Crippen LogP contribution in [-0.2, 0) is 6.42 Å². The summed E-state index contributed by atoms with van der Waals surface area (Å²) in [6.07, 6.45) is 5.59. The van der Waals surface area contributed by atoms with E-state index in [1.165, 1.54) is 19.3 Å². The summed E-state index contributed by atoms with van der Waals surface area (Å²) in [5.74, 6) is 1.25. The monoisotopic (exact) mass is 278 g/mol. The maximum absolute atomic E-state index is 6.22. The molecule has 4 heteroatoms. The van der Waals surface area contributed by atoms with E-state index >= 15 is 0 Å². The van der Waals surface area contributed by atoms with Crippen LogP contribution in [0.5, 0.6) is 0 Å². The van der Waals surface area contributed by atoms with E-state index in [-0.39, 0.29) is 0 Å². The summed E-state index contributed by atoms with van der Waals surface area (Å²) < 4.78 is 5.35. The molecule has 0 atom stereocenters. The fraction of sp³-hybridized carbons (Fsp3) is 0.400. The molecular weight excluding hydrogens is 260 g/mol. The van der Waals surface area contributed by atoms with E-state index in [2.05, 4.69) is 12.1 Å². The fourth-order valence-electron chi connectivity index (χ4n) is 2.17. The highest BCUT2D eigenvalue weighted by atomic mass is 35.5. The van der Waals surface area contributed by atoms with Crippen molar-refractivity contribution in [3.05, 3.63) is 35.0 Å². The Morgan fingerprint density at radius 1 is 1.21 bits per heavy atom. The van der Waals surface area contributed by atoms with E-state index < -0.39 is 0 Å². The first kappa shape index (κ1) is 13.9. The number of anilines is 1. The highest BCUT2D eigenvalue weighted by molar-refractivity contribution is 6.33. The van der Waals surface area contributed by atoms with Crippen LogP contribution in [-0.4, -0.2) is 5.16 Å². The van der Waals surface area contributed by atoms with Gasteiger partial charge in [0.1, 0.15) is 5.76 Å². The lowest BCUT2D eigenvalue weighted by Gasteiger charge is -2.04. The molecule has 0 saturated carbocycles. The van der Waals surface area contributed by atoms with Crippen LogP contribution in [0.15, 0.2) is 28.8 Å². The van der Waals surface area contributed by atoms with Crippen LogP contribution in [0.1, 0.15) is 38.4 Å². The number of unbranched alkanes of at least 4 members (excludes halogenated alkanes) is 3. The predicted molar refractivity (Wildman–Crippen MR) is 79.2 cm³/mol. The van der Waals surface area contributed by atoms with Gasteiger partial charge in [0, 0.05) is 17.0 Å². The third-order valence-electron chi connectivity index (χ3n) is 3.19. The Bertz CT molecular complexity index is 537. The molecule has 0 aliphatic carbocycles. The molecule has 1 heterocycles. The summed E-state index contributed by atoms with van der Waals surface area (Å²) in [7, 11) is 0. The highest BCUT2D eigenvalue weighted by Crippen LogP contribution is 2.35. The lowest BCUT2D eigenvalue weighted by molar-refractivity contribution is 0.382. The minimum Gasteiger partial charge on any atom is -0.380 e. The van der Waals surface area contributed by atoms with Gasteiger partial charge in [0.15, 0.2) is 5.82 Å². The van der Waals surface area contributed by atoms with E-state index in [1.54, 1.807) is 0 Å². The summed E-state index contributed by atoms with van der Waals surface area (Å²) >= 11 is 6.22.